The molecule has 0 aliphatic heterocycles. The van der Waals surface area contributed by atoms with Gasteiger partial charge in [-0.3, -0.25) is 0 Å². The fourth-order valence-electron chi connectivity index (χ4n) is 2.33. The van der Waals surface area contributed by atoms with E-state index in [4.69, 9.17) is 14.0 Å². The molecule has 9 heteroatoms. The van der Waals surface area contributed by atoms with Crippen molar-refractivity contribution in [3.63, 3.8) is 0 Å². The van der Waals surface area contributed by atoms with Gasteiger partial charge in [-0.25, -0.2) is 0 Å². The standard InChI is InChI=1S/C18H16F3N3O3/c1-25-14-8-4-2-6-12(14)17-23-16(27-24-17)10-22-13-7-3-5-9-15(13)26-11-18(19,20)21/h2-9,22H,10-11H2,1H3. The summed E-state index contributed by atoms with van der Waals surface area (Å²) < 4.78 is 52.4. The zero-order valence-electron chi connectivity index (χ0n) is 14.3. The lowest BCUT2D eigenvalue weighted by molar-refractivity contribution is -0.153. The number of nitrogens with zero attached hydrogens (tertiary/aromatic N) is 2. The molecule has 2 aromatic carbocycles. The Hall–Kier alpha value is -3.23. The highest BCUT2D eigenvalue weighted by atomic mass is 19.4. The summed E-state index contributed by atoms with van der Waals surface area (Å²) in [5, 5.41) is 6.85. The molecule has 6 nitrogen and oxygen atoms in total. The van der Waals surface area contributed by atoms with Crippen molar-refractivity contribution in [2.24, 2.45) is 0 Å². The molecule has 0 bridgehead atoms. The van der Waals surface area contributed by atoms with Gasteiger partial charge in [-0.15, -0.1) is 0 Å². The van der Waals surface area contributed by atoms with Crippen LogP contribution in [-0.4, -0.2) is 30.0 Å². The van der Waals surface area contributed by atoms with Crippen molar-refractivity contribution >= 4 is 5.69 Å². The van der Waals surface area contributed by atoms with Crippen molar-refractivity contribution in [3.05, 3.63) is 54.4 Å². The summed E-state index contributed by atoms with van der Waals surface area (Å²) in [6.45, 7) is -1.25. The number of aromatic nitrogens is 2. The number of halogens is 3. The molecule has 1 aromatic heterocycles. The first-order chi connectivity index (χ1) is 13.0. The first kappa shape index (κ1) is 18.6. The Morgan fingerprint density at radius 2 is 1.74 bits per heavy atom. The van der Waals surface area contributed by atoms with E-state index >= 15 is 0 Å². The summed E-state index contributed by atoms with van der Waals surface area (Å²) in [4.78, 5) is 4.28. The van der Waals surface area contributed by atoms with Crippen LogP contribution in [0, 0.1) is 0 Å². The predicted molar refractivity (Wildman–Crippen MR) is 91.6 cm³/mol. The Kier molecular flexibility index (Phi) is 5.49. The molecule has 0 amide bonds. The van der Waals surface area contributed by atoms with Gasteiger partial charge < -0.3 is 19.3 Å². The summed E-state index contributed by atoms with van der Waals surface area (Å²) in [6, 6.07) is 13.5. The average Bonchev–Trinajstić information content (AvgIpc) is 3.13. The second kappa shape index (κ2) is 7.98. The van der Waals surface area contributed by atoms with Crippen LogP contribution in [0.2, 0.25) is 0 Å². The molecular formula is C18H16F3N3O3. The SMILES string of the molecule is COc1ccccc1-c1noc(CNc2ccccc2OCC(F)(F)F)n1. The number of alkyl halides is 3. The lowest BCUT2D eigenvalue weighted by Crippen LogP contribution is -2.19. The van der Waals surface area contributed by atoms with Crippen molar-refractivity contribution in [2.45, 2.75) is 12.7 Å². The highest BCUT2D eigenvalue weighted by Crippen LogP contribution is 2.28. The van der Waals surface area contributed by atoms with Crippen LogP contribution in [-0.2, 0) is 6.54 Å². The molecule has 3 aromatic rings. The monoisotopic (exact) mass is 379 g/mol. The maximum absolute atomic E-state index is 12.4. The summed E-state index contributed by atoms with van der Waals surface area (Å²) in [5.74, 6) is 1.30. The number of methoxy groups -OCH3 is 1. The van der Waals surface area contributed by atoms with Crippen molar-refractivity contribution in [3.8, 4) is 22.9 Å². The molecule has 0 aliphatic rings. The number of hydrogen-bond acceptors (Lipinski definition) is 6. The minimum Gasteiger partial charge on any atom is -0.496 e. The van der Waals surface area contributed by atoms with Crippen LogP contribution < -0.4 is 14.8 Å². The van der Waals surface area contributed by atoms with Gasteiger partial charge in [-0.05, 0) is 24.3 Å². The zero-order chi connectivity index (χ0) is 19.3. The lowest BCUT2D eigenvalue weighted by atomic mass is 10.2. The number of benzene rings is 2. The zero-order valence-corrected chi connectivity index (χ0v) is 14.3. The van der Waals surface area contributed by atoms with Crippen LogP contribution in [0.25, 0.3) is 11.4 Å². The van der Waals surface area contributed by atoms with Gasteiger partial charge in [0, 0.05) is 0 Å². The first-order valence-corrected chi connectivity index (χ1v) is 7.94. The van der Waals surface area contributed by atoms with E-state index < -0.39 is 12.8 Å². The number of rotatable bonds is 7. The molecule has 0 spiro atoms. The first-order valence-electron chi connectivity index (χ1n) is 7.94. The molecule has 0 atom stereocenters. The molecule has 0 saturated heterocycles. The average molecular weight is 379 g/mol. The van der Waals surface area contributed by atoms with E-state index in [1.165, 1.54) is 6.07 Å². The van der Waals surface area contributed by atoms with Gasteiger partial charge in [-0.2, -0.15) is 18.2 Å². The van der Waals surface area contributed by atoms with Gasteiger partial charge in [0.2, 0.25) is 11.7 Å². The number of ether oxygens (including phenoxy) is 2. The minimum absolute atomic E-state index is 0.0827. The smallest absolute Gasteiger partial charge is 0.422 e. The molecule has 3 rings (SSSR count). The highest BCUT2D eigenvalue weighted by Gasteiger charge is 2.28. The molecule has 0 aliphatic carbocycles. The maximum Gasteiger partial charge on any atom is 0.422 e. The summed E-state index contributed by atoms with van der Waals surface area (Å²) >= 11 is 0. The van der Waals surface area contributed by atoms with Gasteiger partial charge in [0.15, 0.2) is 6.61 Å². The van der Waals surface area contributed by atoms with Gasteiger partial charge in [0.1, 0.15) is 11.5 Å². The molecule has 27 heavy (non-hydrogen) atoms. The quantitative estimate of drug-likeness (QED) is 0.660. The van der Waals surface area contributed by atoms with Gasteiger partial charge in [0.05, 0.1) is 24.9 Å². The van der Waals surface area contributed by atoms with Crippen molar-refractivity contribution in [2.75, 3.05) is 19.0 Å². The Labute approximate surface area is 152 Å². The molecule has 1 heterocycles. The Morgan fingerprint density at radius 3 is 2.48 bits per heavy atom. The third-order valence-corrected chi connectivity index (χ3v) is 3.52. The van der Waals surface area contributed by atoms with Crippen LogP contribution in [0.4, 0.5) is 18.9 Å². The molecule has 142 valence electrons. The fraction of sp³-hybridized carbons (Fsp3) is 0.222. The molecule has 0 saturated carbocycles. The van der Waals surface area contributed by atoms with Crippen LogP contribution in [0.3, 0.4) is 0 Å². The van der Waals surface area contributed by atoms with E-state index in [0.717, 1.165) is 0 Å². The summed E-state index contributed by atoms with van der Waals surface area (Å²) in [6.07, 6.45) is -4.41. The van der Waals surface area contributed by atoms with Gasteiger partial charge in [0.25, 0.3) is 0 Å². The predicted octanol–water partition coefficient (Wildman–Crippen LogP) is 4.30. The van der Waals surface area contributed by atoms with Crippen molar-refractivity contribution < 1.29 is 27.2 Å². The van der Waals surface area contributed by atoms with E-state index in [0.29, 0.717) is 22.8 Å². The van der Waals surface area contributed by atoms with Crippen LogP contribution in [0.5, 0.6) is 11.5 Å². The molecule has 0 unspecified atom stereocenters. The number of para-hydroxylation sites is 3. The second-order valence-corrected chi connectivity index (χ2v) is 5.47. The fourth-order valence-corrected chi connectivity index (χ4v) is 2.33. The van der Waals surface area contributed by atoms with E-state index in [1.807, 2.05) is 12.1 Å². The maximum atomic E-state index is 12.4. The van der Waals surface area contributed by atoms with E-state index in [9.17, 15) is 13.2 Å². The highest BCUT2D eigenvalue weighted by molar-refractivity contribution is 5.63. The number of hydrogen-bond donors (Lipinski definition) is 1. The Bertz CT molecular complexity index is 897. The van der Waals surface area contributed by atoms with Gasteiger partial charge >= 0.3 is 6.18 Å². The third-order valence-electron chi connectivity index (χ3n) is 3.52. The molecular weight excluding hydrogens is 363 g/mol. The van der Waals surface area contributed by atoms with Crippen LogP contribution >= 0.6 is 0 Å². The summed E-state index contributed by atoms with van der Waals surface area (Å²) in [7, 11) is 1.54. The van der Waals surface area contributed by atoms with E-state index in [1.54, 1.807) is 37.4 Å². The van der Waals surface area contributed by atoms with Crippen LogP contribution in [0.1, 0.15) is 5.89 Å². The number of anilines is 1. The van der Waals surface area contributed by atoms with E-state index in [2.05, 4.69) is 15.5 Å². The molecule has 1 N–H and O–H groups in total. The summed E-state index contributed by atoms with van der Waals surface area (Å²) in [5.41, 5.74) is 1.06. The third kappa shape index (κ3) is 4.90. The number of nitrogens with one attached hydrogen (secondary N) is 1. The lowest BCUT2D eigenvalue weighted by Gasteiger charge is -2.13. The van der Waals surface area contributed by atoms with Gasteiger partial charge in [-0.1, -0.05) is 29.4 Å². The normalized spacial score (nSPS) is 11.3. The second-order valence-electron chi connectivity index (χ2n) is 5.47. The minimum atomic E-state index is -4.41. The van der Waals surface area contributed by atoms with Crippen molar-refractivity contribution in [1.29, 1.82) is 0 Å². The topological polar surface area (TPSA) is 69.4 Å². The van der Waals surface area contributed by atoms with Crippen LogP contribution in [0.15, 0.2) is 53.1 Å². The Balaban J connectivity index is 1.69. The van der Waals surface area contributed by atoms with E-state index in [-0.39, 0.29) is 18.2 Å². The molecule has 0 fully saturated rings. The molecule has 0 radical (unpaired) electrons. The van der Waals surface area contributed by atoms with Crippen molar-refractivity contribution in [1.82, 2.24) is 10.1 Å². The Morgan fingerprint density at radius 1 is 1.04 bits per heavy atom. The largest absolute Gasteiger partial charge is 0.496 e.